The number of hydrogen-bond donors (Lipinski definition) is 0. The van der Waals surface area contributed by atoms with Gasteiger partial charge in [-0.3, -0.25) is 9.59 Å². The van der Waals surface area contributed by atoms with E-state index in [0.29, 0.717) is 0 Å². The topological polar surface area (TPSA) is 40.6 Å². The van der Waals surface area contributed by atoms with Gasteiger partial charge in [-0.15, -0.1) is 11.3 Å². The van der Waals surface area contributed by atoms with Crippen LogP contribution >= 0.6 is 11.3 Å². The Hall–Kier alpha value is -1.36. The van der Waals surface area contributed by atoms with E-state index in [0.717, 1.165) is 50.1 Å². The van der Waals surface area contributed by atoms with Gasteiger partial charge in [-0.25, -0.2) is 0 Å². The van der Waals surface area contributed by atoms with Crippen molar-refractivity contribution in [3.8, 4) is 0 Å². The summed E-state index contributed by atoms with van der Waals surface area (Å²) < 4.78 is 0. The standard InChI is InChI=1S/C16H22N2O2S/c1-17(2)15(19)11-5-6-13-12(9-11)10-14(21-13)16(20)18-7-3-4-8-18/h10-11H,3-9H2,1-2H3/t11-/m0/s1. The molecule has 0 radical (unpaired) electrons. The Morgan fingerprint density at radius 3 is 2.67 bits per heavy atom. The number of aryl methyl sites for hydroxylation is 1. The zero-order valence-corrected chi connectivity index (χ0v) is 13.5. The summed E-state index contributed by atoms with van der Waals surface area (Å²) in [6, 6.07) is 2.04. The second-order valence-corrected chi connectivity index (χ2v) is 7.37. The molecule has 0 aromatic carbocycles. The van der Waals surface area contributed by atoms with Crippen molar-refractivity contribution in [2.75, 3.05) is 27.2 Å². The molecule has 3 rings (SSSR count). The fraction of sp³-hybridized carbons (Fsp3) is 0.625. The number of likely N-dealkylation sites (tertiary alicyclic amines) is 1. The van der Waals surface area contributed by atoms with E-state index in [1.165, 1.54) is 10.4 Å². The third-order valence-corrected chi connectivity index (χ3v) is 5.70. The van der Waals surface area contributed by atoms with Crippen molar-refractivity contribution in [2.45, 2.75) is 32.1 Å². The van der Waals surface area contributed by atoms with Gasteiger partial charge in [0.2, 0.25) is 5.91 Å². The van der Waals surface area contributed by atoms with Crippen LogP contribution in [0.5, 0.6) is 0 Å². The molecule has 5 heteroatoms. The van der Waals surface area contributed by atoms with Crippen LogP contribution in [0.1, 0.15) is 39.4 Å². The van der Waals surface area contributed by atoms with Crippen LogP contribution in [0.25, 0.3) is 0 Å². The van der Waals surface area contributed by atoms with E-state index in [4.69, 9.17) is 0 Å². The molecule has 21 heavy (non-hydrogen) atoms. The number of carbonyl (C=O) groups excluding carboxylic acids is 2. The van der Waals surface area contributed by atoms with Crippen molar-refractivity contribution >= 4 is 23.2 Å². The van der Waals surface area contributed by atoms with Gasteiger partial charge in [-0.05, 0) is 43.7 Å². The van der Waals surface area contributed by atoms with Crippen molar-refractivity contribution in [3.05, 3.63) is 21.4 Å². The summed E-state index contributed by atoms with van der Waals surface area (Å²) in [6.45, 7) is 1.78. The average Bonchev–Trinajstić information content (AvgIpc) is 3.13. The molecule has 0 unspecified atom stereocenters. The van der Waals surface area contributed by atoms with E-state index in [1.807, 2.05) is 25.1 Å². The lowest BCUT2D eigenvalue weighted by Crippen LogP contribution is -2.32. The summed E-state index contributed by atoms with van der Waals surface area (Å²) in [5.74, 6) is 0.471. The van der Waals surface area contributed by atoms with Crippen LogP contribution in [-0.4, -0.2) is 48.8 Å². The largest absolute Gasteiger partial charge is 0.349 e. The third-order valence-electron chi connectivity index (χ3n) is 4.48. The Bertz CT molecular complexity index is 559. The highest BCUT2D eigenvalue weighted by molar-refractivity contribution is 7.14. The lowest BCUT2D eigenvalue weighted by Gasteiger charge is -2.24. The Balaban J connectivity index is 1.75. The van der Waals surface area contributed by atoms with Crippen LogP contribution in [0, 0.1) is 5.92 Å². The minimum absolute atomic E-state index is 0.0804. The lowest BCUT2D eigenvalue weighted by molar-refractivity contribution is -0.133. The van der Waals surface area contributed by atoms with Crippen LogP contribution in [0.3, 0.4) is 0 Å². The fourth-order valence-electron chi connectivity index (χ4n) is 3.28. The van der Waals surface area contributed by atoms with Crippen LogP contribution < -0.4 is 0 Å². The SMILES string of the molecule is CN(C)C(=O)[C@H]1CCc2sc(C(=O)N3CCCC3)cc2C1. The average molecular weight is 306 g/mol. The third kappa shape index (κ3) is 2.84. The van der Waals surface area contributed by atoms with Crippen LogP contribution in [0.2, 0.25) is 0 Å². The monoisotopic (exact) mass is 306 g/mol. The van der Waals surface area contributed by atoms with Gasteiger partial charge in [0.15, 0.2) is 0 Å². The first-order valence-electron chi connectivity index (χ1n) is 7.68. The summed E-state index contributed by atoms with van der Waals surface area (Å²) in [5, 5.41) is 0. The number of amides is 2. The van der Waals surface area contributed by atoms with Gasteiger partial charge in [-0.2, -0.15) is 0 Å². The molecule has 1 fully saturated rings. The zero-order chi connectivity index (χ0) is 15.0. The quantitative estimate of drug-likeness (QED) is 0.840. The molecular weight excluding hydrogens is 284 g/mol. The van der Waals surface area contributed by atoms with Gasteiger partial charge in [-0.1, -0.05) is 0 Å². The van der Waals surface area contributed by atoms with Gasteiger partial charge in [0.1, 0.15) is 0 Å². The molecule has 0 spiro atoms. The molecule has 1 aliphatic carbocycles. The molecule has 1 aliphatic heterocycles. The number of fused-ring (bicyclic) bond motifs is 1. The number of thiophene rings is 1. The molecule has 0 bridgehead atoms. The first kappa shape index (κ1) is 14.6. The summed E-state index contributed by atoms with van der Waals surface area (Å²) in [4.78, 5) is 30.4. The maximum atomic E-state index is 12.4. The Morgan fingerprint density at radius 1 is 1.29 bits per heavy atom. The molecule has 0 N–H and O–H groups in total. The molecule has 0 saturated carbocycles. The molecule has 114 valence electrons. The van der Waals surface area contributed by atoms with E-state index >= 15 is 0 Å². The molecule has 1 aromatic rings. The maximum Gasteiger partial charge on any atom is 0.263 e. The van der Waals surface area contributed by atoms with E-state index in [1.54, 1.807) is 16.2 Å². The molecule has 2 amide bonds. The normalized spacial score (nSPS) is 21.2. The minimum atomic E-state index is 0.0804. The predicted octanol–water partition coefficient (Wildman–Crippen LogP) is 2.18. The fourth-order valence-corrected chi connectivity index (χ4v) is 4.46. The minimum Gasteiger partial charge on any atom is -0.349 e. The van der Waals surface area contributed by atoms with Crippen molar-refractivity contribution in [3.63, 3.8) is 0 Å². The van der Waals surface area contributed by atoms with Crippen molar-refractivity contribution < 1.29 is 9.59 Å². The Kier molecular flexibility index (Phi) is 4.02. The van der Waals surface area contributed by atoms with E-state index < -0.39 is 0 Å². The van der Waals surface area contributed by atoms with Crippen molar-refractivity contribution in [2.24, 2.45) is 5.92 Å². The first-order chi connectivity index (χ1) is 10.1. The van der Waals surface area contributed by atoms with Gasteiger partial charge in [0, 0.05) is 38.0 Å². The predicted molar refractivity (Wildman–Crippen MR) is 83.7 cm³/mol. The van der Waals surface area contributed by atoms with E-state index in [2.05, 4.69) is 0 Å². The maximum absolute atomic E-state index is 12.4. The van der Waals surface area contributed by atoms with Crippen LogP contribution in [0.15, 0.2) is 6.07 Å². The second kappa shape index (κ2) is 5.79. The van der Waals surface area contributed by atoms with Gasteiger partial charge in [0.05, 0.1) is 4.88 Å². The highest BCUT2D eigenvalue weighted by atomic mass is 32.1. The van der Waals surface area contributed by atoms with E-state index in [9.17, 15) is 9.59 Å². The number of rotatable bonds is 2. The second-order valence-electron chi connectivity index (χ2n) is 6.23. The van der Waals surface area contributed by atoms with Gasteiger partial charge in [0.25, 0.3) is 5.91 Å². The van der Waals surface area contributed by atoms with Gasteiger partial charge >= 0.3 is 0 Å². The molecule has 1 saturated heterocycles. The summed E-state index contributed by atoms with van der Waals surface area (Å²) in [7, 11) is 3.63. The molecule has 1 aromatic heterocycles. The van der Waals surface area contributed by atoms with Crippen molar-refractivity contribution in [1.82, 2.24) is 9.80 Å². The first-order valence-corrected chi connectivity index (χ1v) is 8.50. The Labute approximate surface area is 129 Å². The molecule has 2 aliphatic rings. The number of nitrogens with zero attached hydrogens (tertiary/aromatic N) is 2. The molecular formula is C16H22N2O2S. The molecule has 4 nitrogen and oxygen atoms in total. The Morgan fingerprint density at radius 2 is 2.00 bits per heavy atom. The van der Waals surface area contributed by atoms with E-state index in [-0.39, 0.29) is 17.7 Å². The molecule has 2 heterocycles. The molecule has 1 atom stereocenters. The number of carbonyl (C=O) groups is 2. The van der Waals surface area contributed by atoms with Crippen LogP contribution in [0.4, 0.5) is 0 Å². The van der Waals surface area contributed by atoms with Crippen molar-refractivity contribution in [1.29, 1.82) is 0 Å². The summed E-state index contributed by atoms with van der Waals surface area (Å²) >= 11 is 1.64. The summed E-state index contributed by atoms with van der Waals surface area (Å²) in [6.07, 6.45) is 4.86. The summed E-state index contributed by atoms with van der Waals surface area (Å²) in [5.41, 5.74) is 1.22. The zero-order valence-electron chi connectivity index (χ0n) is 12.7. The highest BCUT2D eigenvalue weighted by Crippen LogP contribution is 2.33. The smallest absolute Gasteiger partial charge is 0.263 e. The number of hydrogen-bond acceptors (Lipinski definition) is 3. The highest BCUT2D eigenvalue weighted by Gasteiger charge is 2.29. The lowest BCUT2D eigenvalue weighted by atomic mass is 9.87. The van der Waals surface area contributed by atoms with Gasteiger partial charge < -0.3 is 9.80 Å². The van der Waals surface area contributed by atoms with Crippen LogP contribution in [-0.2, 0) is 17.6 Å².